The largest absolute Gasteiger partial charge is 0.456 e. The van der Waals surface area contributed by atoms with Crippen molar-refractivity contribution < 1.29 is 13.0 Å². The van der Waals surface area contributed by atoms with Gasteiger partial charge in [0.2, 0.25) is 0 Å². The molecule has 9 rings (SSSR count). The predicted molar refractivity (Wildman–Crippen MR) is 167 cm³/mol. The molecule has 1 aliphatic heterocycles. The second-order valence-electron chi connectivity index (χ2n) is 10.1. The molecule has 0 unspecified atom stereocenters. The van der Waals surface area contributed by atoms with E-state index in [0.717, 1.165) is 49.4 Å². The van der Waals surface area contributed by atoms with Crippen molar-refractivity contribution in [3.63, 3.8) is 0 Å². The zero-order valence-corrected chi connectivity index (χ0v) is 21.2. The molecule has 0 radical (unpaired) electrons. The molecule has 0 saturated heterocycles. The highest BCUT2D eigenvalue weighted by atomic mass is 16.5. The third-order valence-corrected chi connectivity index (χ3v) is 7.93. The summed E-state index contributed by atoms with van der Waals surface area (Å²) >= 11 is 0. The lowest BCUT2D eigenvalue weighted by Gasteiger charge is -2.22. The number of nitrogens with zero attached hydrogens (tertiary/aromatic N) is 1. The van der Waals surface area contributed by atoms with Crippen LogP contribution in [0.5, 0.6) is 11.5 Å². The van der Waals surface area contributed by atoms with Crippen LogP contribution < -0.4 is 4.74 Å². The summed E-state index contributed by atoms with van der Waals surface area (Å²) in [4.78, 5) is 0. The van der Waals surface area contributed by atoms with Gasteiger partial charge in [-0.15, -0.1) is 0 Å². The van der Waals surface area contributed by atoms with E-state index in [2.05, 4.69) is 59.2 Å². The van der Waals surface area contributed by atoms with Crippen LogP contribution in [0.3, 0.4) is 0 Å². The summed E-state index contributed by atoms with van der Waals surface area (Å²) in [5.74, 6) is 0.446. The summed E-state index contributed by atoms with van der Waals surface area (Å²) in [6.07, 6.45) is 0. The van der Waals surface area contributed by atoms with Gasteiger partial charge in [-0.2, -0.15) is 0 Å². The van der Waals surface area contributed by atoms with Gasteiger partial charge >= 0.3 is 0 Å². The predicted octanol–water partition coefficient (Wildman–Crippen LogP) is 10.5. The van der Waals surface area contributed by atoms with Gasteiger partial charge in [-0.1, -0.05) is 109 Å². The van der Waals surface area contributed by atoms with Crippen LogP contribution in [0.25, 0.3) is 71.3 Å². The Bertz CT molecular complexity index is 2620. The van der Waals surface area contributed by atoms with Gasteiger partial charge in [-0.3, -0.25) is 0 Å². The van der Waals surface area contributed by atoms with Crippen LogP contribution >= 0.6 is 0 Å². The van der Waals surface area contributed by atoms with E-state index < -0.39 is 0 Å². The molecule has 0 N–H and O–H groups in total. The Hall–Kier alpha value is -5.34. The van der Waals surface area contributed by atoms with Gasteiger partial charge in [-0.25, -0.2) is 0 Å². The Morgan fingerprint density at radius 3 is 2.25 bits per heavy atom. The summed E-state index contributed by atoms with van der Waals surface area (Å²) in [7, 11) is 0. The van der Waals surface area contributed by atoms with Crippen molar-refractivity contribution in [1.29, 1.82) is 0 Å². The topological polar surface area (TPSA) is 14.2 Å². The number of fused-ring (bicyclic) bond motifs is 7. The molecule has 0 spiro atoms. The van der Waals surface area contributed by atoms with Crippen molar-refractivity contribution in [2.45, 2.75) is 0 Å². The first-order valence-electron chi connectivity index (χ1n) is 16.2. The zero-order chi connectivity index (χ0) is 31.4. The second-order valence-corrected chi connectivity index (χ2v) is 10.1. The van der Waals surface area contributed by atoms with E-state index in [-0.39, 0.29) is 52.8 Å². The Morgan fingerprint density at radius 2 is 1.32 bits per heavy atom. The molecule has 0 amide bonds. The van der Waals surface area contributed by atoms with Crippen molar-refractivity contribution in [2.75, 3.05) is 0 Å². The highest BCUT2D eigenvalue weighted by Gasteiger charge is 2.22. The SMILES string of the molecule is [2H]c1c([2H])c2c3c(c([2H])c([2H])c([2H])c3c1[2H])-c1cc(-c3cccc4c5ccc6ccccc6c5n(-c5ccccc5)c34)ccc1O2. The van der Waals surface area contributed by atoms with E-state index >= 15 is 0 Å². The van der Waals surface area contributed by atoms with Crippen LogP contribution in [0.2, 0.25) is 0 Å². The van der Waals surface area contributed by atoms with Gasteiger partial charge in [0, 0.05) is 38.4 Å². The lowest BCUT2D eigenvalue weighted by molar-refractivity contribution is 0.487. The highest BCUT2D eigenvalue weighted by molar-refractivity contribution is 6.21. The molecule has 8 aromatic rings. The molecule has 0 fully saturated rings. The molecule has 1 aromatic heterocycles. The third kappa shape index (κ3) is 2.93. The molecule has 0 aliphatic carbocycles. The maximum atomic E-state index is 8.94. The number of ether oxygens (including phenoxy) is 1. The van der Waals surface area contributed by atoms with Crippen LogP contribution in [0, 0.1) is 0 Å². The minimum absolute atomic E-state index is 0.0476. The van der Waals surface area contributed by atoms with Gasteiger partial charge in [0.1, 0.15) is 11.5 Å². The molecule has 40 heavy (non-hydrogen) atoms. The first-order valence-corrected chi connectivity index (χ1v) is 13.2. The van der Waals surface area contributed by atoms with Crippen LogP contribution in [0.15, 0.2) is 139 Å². The average Bonchev–Trinajstić information content (AvgIpc) is 3.44. The second kappa shape index (κ2) is 8.08. The fourth-order valence-electron chi connectivity index (χ4n) is 6.21. The molecule has 1 aliphatic rings. The fraction of sp³-hybridized carbons (Fsp3) is 0. The summed E-state index contributed by atoms with van der Waals surface area (Å²) in [5, 5.41) is 4.85. The minimum Gasteiger partial charge on any atom is -0.456 e. The summed E-state index contributed by atoms with van der Waals surface area (Å²) < 4.78 is 60.1. The van der Waals surface area contributed by atoms with Crippen LogP contribution in [-0.4, -0.2) is 4.57 Å². The number of hydrogen-bond acceptors (Lipinski definition) is 1. The lowest BCUT2D eigenvalue weighted by Crippen LogP contribution is -1.98. The van der Waals surface area contributed by atoms with Crippen LogP contribution in [-0.2, 0) is 0 Å². The van der Waals surface area contributed by atoms with E-state index in [4.69, 9.17) is 13.0 Å². The Labute approximate surface area is 239 Å². The third-order valence-electron chi connectivity index (χ3n) is 7.93. The van der Waals surface area contributed by atoms with Gasteiger partial charge in [-0.05, 0) is 52.2 Å². The smallest absolute Gasteiger partial charge is 0.135 e. The first kappa shape index (κ1) is 16.6. The zero-order valence-electron chi connectivity index (χ0n) is 27.2. The molecule has 2 heteroatoms. The quantitative estimate of drug-likeness (QED) is 0.223. The number of aromatic nitrogens is 1. The fourth-order valence-corrected chi connectivity index (χ4v) is 6.21. The Balaban J connectivity index is 1.40. The Kier molecular flexibility index (Phi) is 3.35. The molecule has 0 saturated carbocycles. The molecule has 7 aromatic carbocycles. The number of rotatable bonds is 2. The van der Waals surface area contributed by atoms with Crippen molar-refractivity contribution in [2.24, 2.45) is 0 Å². The molecule has 2 heterocycles. The number of benzene rings is 7. The van der Waals surface area contributed by atoms with Crippen molar-refractivity contribution in [1.82, 2.24) is 4.57 Å². The highest BCUT2D eigenvalue weighted by Crippen LogP contribution is 2.48. The summed E-state index contributed by atoms with van der Waals surface area (Å²) in [5.41, 5.74) is 5.89. The van der Waals surface area contributed by atoms with Crippen LogP contribution in [0.4, 0.5) is 0 Å². The first-order chi connectivity index (χ1) is 22.3. The Morgan fingerprint density at radius 1 is 0.525 bits per heavy atom. The monoisotopic (exact) mass is 515 g/mol. The van der Waals surface area contributed by atoms with Gasteiger partial charge in [0.05, 0.1) is 19.3 Å². The molecular formula is C38H23NO. The van der Waals surface area contributed by atoms with Gasteiger partial charge < -0.3 is 9.30 Å². The van der Waals surface area contributed by atoms with E-state index in [1.807, 2.05) is 42.5 Å². The lowest BCUT2D eigenvalue weighted by atomic mass is 9.92. The molecule has 0 bridgehead atoms. The summed E-state index contributed by atoms with van der Waals surface area (Å²) in [6.45, 7) is 0. The summed E-state index contributed by atoms with van der Waals surface area (Å²) in [6, 6.07) is 33.2. The van der Waals surface area contributed by atoms with Gasteiger partial charge in [0.15, 0.2) is 0 Å². The van der Waals surface area contributed by atoms with Gasteiger partial charge in [0.25, 0.3) is 0 Å². The van der Waals surface area contributed by atoms with E-state index in [0.29, 0.717) is 16.9 Å². The maximum Gasteiger partial charge on any atom is 0.135 e. The standard InChI is InChI=1S/C38H23NO/c1-2-12-27(13-3-1)39-37-28-14-5-4-9-24(28)19-21-32(37)31-17-8-15-29(38(31)39)26-20-22-34-33(23-26)30-16-6-10-25-11-7-18-35(40-34)36(25)30/h1-23H/i6D,7D,10D,11D,16D,18D. The number of hydrogen-bond donors (Lipinski definition) is 0. The molecule has 0 atom stereocenters. The maximum absolute atomic E-state index is 8.94. The molecular weight excluding hydrogens is 486 g/mol. The van der Waals surface area contributed by atoms with Crippen molar-refractivity contribution in [3.05, 3.63) is 139 Å². The van der Waals surface area contributed by atoms with Crippen molar-refractivity contribution >= 4 is 43.4 Å². The van der Waals surface area contributed by atoms with E-state index in [1.54, 1.807) is 6.07 Å². The average molecular weight is 516 g/mol. The van der Waals surface area contributed by atoms with Crippen LogP contribution in [0.1, 0.15) is 8.22 Å². The normalized spacial score (nSPS) is 14.3. The molecule has 2 nitrogen and oxygen atoms in total. The molecule has 186 valence electrons. The minimum atomic E-state index is -0.368. The van der Waals surface area contributed by atoms with E-state index in [1.165, 1.54) is 0 Å². The van der Waals surface area contributed by atoms with E-state index in [9.17, 15) is 0 Å². The van der Waals surface area contributed by atoms with Crippen molar-refractivity contribution in [3.8, 4) is 39.4 Å². The number of para-hydroxylation sites is 2.